The number of imidazole rings is 2. The second kappa shape index (κ2) is 11.0. The molecule has 7 aromatic rings. The van der Waals surface area contributed by atoms with E-state index in [0.29, 0.717) is 52.7 Å². The van der Waals surface area contributed by atoms with Crippen LogP contribution in [0, 0.1) is 0 Å². The Morgan fingerprint density at radius 3 is 2.32 bits per heavy atom. The van der Waals surface area contributed by atoms with Gasteiger partial charge in [0.05, 0.1) is 76.4 Å². The predicted octanol–water partition coefficient (Wildman–Crippen LogP) is 1.95. The van der Waals surface area contributed by atoms with Gasteiger partial charge in [-0.05, 0) is 59.5 Å². The molecule has 8 rings (SSSR count). The Morgan fingerprint density at radius 2 is 1.53 bits per heavy atom. The third kappa shape index (κ3) is 4.66. The largest absolute Gasteiger partial charge is 0.346 e. The minimum absolute atomic E-state index is 0.0757. The second-order valence-corrected chi connectivity index (χ2v) is 13.4. The zero-order chi connectivity index (χ0) is 32.6. The van der Waals surface area contributed by atoms with Crippen LogP contribution in [0.2, 0.25) is 0 Å². The van der Waals surface area contributed by atoms with Gasteiger partial charge in [-0.15, -0.1) is 0 Å². The van der Waals surface area contributed by atoms with Gasteiger partial charge < -0.3 is 19.7 Å². The van der Waals surface area contributed by atoms with E-state index in [1.54, 1.807) is 4.40 Å². The molecule has 1 aliphatic heterocycles. The summed E-state index contributed by atoms with van der Waals surface area (Å²) in [6, 6.07) is 19.2. The lowest BCUT2D eigenvalue weighted by Gasteiger charge is -2.21. The number of fused-ring (bicyclic) bond motifs is 8. The van der Waals surface area contributed by atoms with Crippen molar-refractivity contribution in [3.63, 3.8) is 0 Å². The summed E-state index contributed by atoms with van der Waals surface area (Å²) in [6.07, 6.45) is 1.28. The Labute approximate surface area is 270 Å². The number of carbonyl (C=O) groups is 2. The van der Waals surface area contributed by atoms with Gasteiger partial charge in [-0.1, -0.05) is 12.1 Å². The van der Waals surface area contributed by atoms with E-state index in [-0.39, 0.29) is 17.2 Å². The van der Waals surface area contributed by atoms with Gasteiger partial charge in [-0.2, -0.15) is 0 Å². The van der Waals surface area contributed by atoms with Crippen LogP contribution < -0.4 is 20.7 Å². The molecular formula is C37H37N7O3+2. The molecule has 1 aliphatic rings. The van der Waals surface area contributed by atoms with Crippen molar-refractivity contribution in [2.45, 2.75) is 19.4 Å². The number of ketones is 1. The fourth-order valence-electron chi connectivity index (χ4n) is 7.08. The van der Waals surface area contributed by atoms with Crippen molar-refractivity contribution in [2.24, 2.45) is 0 Å². The van der Waals surface area contributed by atoms with E-state index in [1.165, 1.54) is 9.80 Å². The van der Waals surface area contributed by atoms with Crippen LogP contribution in [0.5, 0.6) is 0 Å². The van der Waals surface area contributed by atoms with Crippen LogP contribution >= 0.6 is 0 Å². The summed E-state index contributed by atoms with van der Waals surface area (Å²) in [5.74, 6) is 0.795. The maximum atomic E-state index is 14.2. The fourth-order valence-corrected chi connectivity index (χ4v) is 7.08. The summed E-state index contributed by atoms with van der Waals surface area (Å²) < 4.78 is 3.83. The first-order valence-electron chi connectivity index (χ1n) is 16.3. The number of hydrogen-bond donors (Lipinski definition) is 3. The first kappa shape index (κ1) is 29.2. The van der Waals surface area contributed by atoms with Crippen LogP contribution in [0.1, 0.15) is 39.1 Å². The van der Waals surface area contributed by atoms with E-state index in [2.05, 4.69) is 50.2 Å². The summed E-state index contributed by atoms with van der Waals surface area (Å²) >= 11 is 0. The highest BCUT2D eigenvalue weighted by Gasteiger charge is 2.27. The molecule has 4 aromatic carbocycles. The molecule has 0 unspecified atom stereocenters. The van der Waals surface area contributed by atoms with Gasteiger partial charge in [0, 0.05) is 45.7 Å². The predicted molar refractivity (Wildman–Crippen MR) is 184 cm³/mol. The van der Waals surface area contributed by atoms with Gasteiger partial charge in [-0.25, -0.2) is 9.97 Å². The first-order chi connectivity index (χ1) is 22.7. The minimum atomic E-state index is -0.148. The molecule has 0 atom stereocenters. The number of aromatic nitrogens is 4. The number of amides is 1. The molecule has 10 nitrogen and oxygen atoms in total. The van der Waals surface area contributed by atoms with Crippen molar-refractivity contribution < 1.29 is 19.4 Å². The van der Waals surface area contributed by atoms with E-state index in [0.717, 1.165) is 63.7 Å². The van der Waals surface area contributed by atoms with Crippen molar-refractivity contribution in [1.82, 2.24) is 24.3 Å². The van der Waals surface area contributed by atoms with Gasteiger partial charge in [-0.3, -0.25) is 18.8 Å². The molecule has 1 amide bonds. The van der Waals surface area contributed by atoms with Gasteiger partial charge in [0.25, 0.3) is 11.5 Å². The lowest BCUT2D eigenvalue weighted by atomic mass is 9.91. The Kier molecular flexibility index (Phi) is 6.82. The third-order valence-electron chi connectivity index (χ3n) is 9.47. The van der Waals surface area contributed by atoms with E-state index in [9.17, 15) is 14.4 Å². The Balaban J connectivity index is 1.24. The van der Waals surface area contributed by atoms with E-state index >= 15 is 0 Å². The normalized spacial score (nSPS) is 12.8. The molecule has 0 aliphatic carbocycles. The average molecular weight is 628 g/mol. The lowest BCUT2D eigenvalue weighted by Crippen LogP contribution is -3.06. The number of pyridine rings is 1. The van der Waals surface area contributed by atoms with Crippen molar-refractivity contribution >= 4 is 60.9 Å². The molecule has 0 spiro atoms. The Hall–Kier alpha value is -5.19. The van der Waals surface area contributed by atoms with Gasteiger partial charge in [0.15, 0.2) is 5.78 Å². The minimum Gasteiger partial charge on any atom is -0.346 e. The van der Waals surface area contributed by atoms with Crippen LogP contribution in [0.3, 0.4) is 0 Å². The topological polar surface area (TPSA) is 107 Å². The number of quaternary nitrogens is 2. The SMILES string of the molecule is C[NH+](C)CCCC(=O)c1ccc2nc3c4ccc5c6c(ccc(c(=O)n3c2c1)c64)-c1nc2ccc(C(=O)NCC[NH+](C)C)cc2n1C5. The zero-order valence-electron chi connectivity index (χ0n) is 27.0. The van der Waals surface area contributed by atoms with E-state index in [1.807, 2.05) is 48.5 Å². The lowest BCUT2D eigenvalue weighted by molar-refractivity contribution is -0.858. The number of hydrogen-bond acceptors (Lipinski definition) is 5. The molecule has 3 aromatic heterocycles. The van der Waals surface area contributed by atoms with Crippen LogP contribution in [0.15, 0.2) is 65.5 Å². The number of rotatable bonds is 9. The molecule has 4 heterocycles. The summed E-state index contributed by atoms with van der Waals surface area (Å²) in [6.45, 7) is 2.94. The first-order valence-corrected chi connectivity index (χ1v) is 16.3. The van der Waals surface area contributed by atoms with E-state index < -0.39 is 0 Å². The number of benzene rings is 4. The number of nitrogens with zero attached hydrogens (tertiary/aromatic N) is 4. The molecule has 236 valence electrons. The number of carbonyl (C=O) groups excluding carboxylic acids is 2. The molecule has 0 saturated heterocycles. The number of nitrogens with one attached hydrogen (secondary N) is 3. The molecule has 10 heteroatoms. The molecule has 47 heavy (non-hydrogen) atoms. The molecule has 3 N–H and O–H groups in total. The molecule has 0 fully saturated rings. The fraction of sp³-hybridized carbons (Fsp3) is 0.270. The van der Waals surface area contributed by atoms with E-state index in [4.69, 9.17) is 9.97 Å². The maximum Gasteiger partial charge on any atom is 0.264 e. The van der Waals surface area contributed by atoms with Crippen molar-refractivity contribution in [1.29, 1.82) is 0 Å². The van der Waals surface area contributed by atoms with Crippen LogP contribution in [-0.4, -0.2) is 78.5 Å². The molecule has 0 radical (unpaired) electrons. The maximum absolute atomic E-state index is 14.2. The van der Waals surface area contributed by atoms with Crippen LogP contribution in [0.4, 0.5) is 0 Å². The average Bonchev–Trinajstić information content (AvgIpc) is 3.62. The number of likely N-dealkylation sites (N-methyl/N-ethyl adjacent to an activating group) is 1. The second-order valence-electron chi connectivity index (χ2n) is 13.4. The van der Waals surface area contributed by atoms with Crippen LogP contribution in [-0.2, 0) is 6.54 Å². The van der Waals surface area contributed by atoms with Gasteiger partial charge in [0.1, 0.15) is 11.5 Å². The summed E-state index contributed by atoms with van der Waals surface area (Å²) in [5, 5.41) is 6.42. The van der Waals surface area contributed by atoms with Gasteiger partial charge >= 0.3 is 0 Å². The van der Waals surface area contributed by atoms with Gasteiger partial charge in [0.2, 0.25) is 0 Å². The zero-order valence-corrected chi connectivity index (χ0v) is 27.0. The van der Waals surface area contributed by atoms with Crippen molar-refractivity contribution in [3.8, 4) is 11.4 Å². The van der Waals surface area contributed by atoms with Crippen molar-refractivity contribution in [2.75, 3.05) is 47.8 Å². The Morgan fingerprint density at radius 1 is 0.809 bits per heavy atom. The van der Waals surface area contributed by atoms with Crippen LogP contribution in [0.25, 0.3) is 60.6 Å². The smallest absolute Gasteiger partial charge is 0.264 e. The highest BCUT2D eigenvalue weighted by Crippen LogP contribution is 2.42. The number of Topliss-reactive ketones (excluding diaryl/α,β-unsaturated/α-hetero) is 1. The van der Waals surface area contributed by atoms with Crippen molar-refractivity contribution in [3.05, 3.63) is 87.7 Å². The molecule has 0 bridgehead atoms. The quantitative estimate of drug-likeness (QED) is 0.212. The monoisotopic (exact) mass is 627 g/mol. The molecule has 0 saturated carbocycles. The highest BCUT2D eigenvalue weighted by atomic mass is 16.2. The Bertz CT molecular complexity index is 2470. The molecular weight excluding hydrogens is 590 g/mol. The standard InChI is InChI=1S/C37H35N7O3/c1-41(2)16-5-6-31(45)21-8-13-28-30(18-21)44-35(40-28)25-10-7-23-20-43-29-19-22(36(46)38-15-17-42(3)4)9-14-27(29)39-34(43)24-11-12-26(37(44)47)33(25)32(23)24/h7-14,18-19H,5-6,15-17,20H2,1-4H3,(H,38,46)/p+2. The highest BCUT2D eigenvalue weighted by molar-refractivity contribution is 6.20. The summed E-state index contributed by atoms with van der Waals surface area (Å²) in [4.78, 5) is 52.7. The third-order valence-corrected chi connectivity index (χ3v) is 9.47. The summed E-state index contributed by atoms with van der Waals surface area (Å²) in [5.41, 5.74) is 6.74. The summed E-state index contributed by atoms with van der Waals surface area (Å²) in [7, 11) is 8.28.